The monoisotopic (exact) mass is 243 g/mol. The normalized spacial score (nSPS) is 10.8. The maximum absolute atomic E-state index is 5.06. The Morgan fingerprint density at radius 2 is 2.15 bits per heavy atom. The number of rotatable bonds is 3. The van der Waals surface area contributed by atoms with Crippen molar-refractivity contribution in [2.24, 2.45) is 5.90 Å². The molecule has 1 aromatic rings. The van der Waals surface area contributed by atoms with Gasteiger partial charge in [-0.25, -0.2) is 5.90 Å². The molecule has 0 heterocycles. The molecule has 0 amide bonds. The van der Waals surface area contributed by atoms with Crippen LogP contribution >= 0.6 is 15.9 Å². The van der Waals surface area contributed by atoms with Crippen molar-refractivity contribution < 1.29 is 4.84 Å². The van der Waals surface area contributed by atoms with Gasteiger partial charge in [0.15, 0.2) is 0 Å². The summed E-state index contributed by atoms with van der Waals surface area (Å²) in [4.78, 5) is 4.65. The molecule has 13 heavy (non-hydrogen) atoms. The molecular formula is C10H14BrNO. The molecule has 0 aromatic heterocycles. The van der Waals surface area contributed by atoms with Crippen LogP contribution in [0.5, 0.6) is 0 Å². The van der Waals surface area contributed by atoms with Gasteiger partial charge in [-0.05, 0) is 29.2 Å². The van der Waals surface area contributed by atoms with Gasteiger partial charge in [0.05, 0.1) is 6.61 Å². The second-order valence-electron chi connectivity index (χ2n) is 3.31. The third-order valence-electron chi connectivity index (χ3n) is 1.97. The van der Waals surface area contributed by atoms with Crippen LogP contribution < -0.4 is 5.90 Å². The molecule has 1 rings (SSSR count). The third-order valence-corrected chi connectivity index (χ3v) is 2.46. The van der Waals surface area contributed by atoms with Crippen molar-refractivity contribution in [3.05, 3.63) is 33.8 Å². The lowest BCUT2D eigenvalue weighted by Crippen LogP contribution is -2.03. The Morgan fingerprint density at radius 1 is 1.46 bits per heavy atom. The predicted molar refractivity (Wildman–Crippen MR) is 57.2 cm³/mol. The van der Waals surface area contributed by atoms with Gasteiger partial charge in [-0.1, -0.05) is 35.8 Å². The molecule has 2 nitrogen and oxygen atoms in total. The molecule has 0 fully saturated rings. The van der Waals surface area contributed by atoms with Crippen molar-refractivity contribution in [1.29, 1.82) is 0 Å². The van der Waals surface area contributed by atoms with Gasteiger partial charge in [-0.3, -0.25) is 4.84 Å². The zero-order valence-corrected chi connectivity index (χ0v) is 9.47. The topological polar surface area (TPSA) is 35.2 Å². The van der Waals surface area contributed by atoms with E-state index in [-0.39, 0.29) is 0 Å². The Morgan fingerprint density at radius 3 is 2.69 bits per heavy atom. The number of hydrogen-bond donors (Lipinski definition) is 1. The second-order valence-corrected chi connectivity index (χ2v) is 4.22. The van der Waals surface area contributed by atoms with Crippen LogP contribution in [0.1, 0.15) is 30.9 Å². The Balaban J connectivity index is 3.03. The van der Waals surface area contributed by atoms with E-state index in [9.17, 15) is 0 Å². The summed E-state index contributed by atoms with van der Waals surface area (Å²) in [6.07, 6.45) is 0. The largest absolute Gasteiger partial charge is 0.300 e. The fourth-order valence-corrected chi connectivity index (χ4v) is 1.76. The van der Waals surface area contributed by atoms with Crippen molar-refractivity contribution in [3.8, 4) is 0 Å². The lowest BCUT2D eigenvalue weighted by atomic mass is 9.98. The van der Waals surface area contributed by atoms with Crippen LogP contribution in [0.4, 0.5) is 0 Å². The molecule has 0 spiro atoms. The van der Waals surface area contributed by atoms with E-state index in [2.05, 4.69) is 40.7 Å². The average molecular weight is 244 g/mol. The Kier molecular flexibility index (Phi) is 3.90. The first-order valence-electron chi connectivity index (χ1n) is 4.25. The summed E-state index contributed by atoms with van der Waals surface area (Å²) in [7, 11) is 0. The maximum atomic E-state index is 5.06. The molecule has 0 atom stereocenters. The van der Waals surface area contributed by atoms with Crippen LogP contribution in [0, 0.1) is 0 Å². The van der Waals surface area contributed by atoms with E-state index in [1.54, 1.807) is 0 Å². The van der Waals surface area contributed by atoms with Crippen LogP contribution in [-0.4, -0.2) is 0 Å². The van der Waals surface area contributed by atoms with Gasteiger partial charge in [0.2, 0.25) is 0 Å². The van der Waals surface area contributed by atoms with Crippen molar-refractivity contribution >= 4 is 15.9 Å². The highest BCUT2D eigenvalue weighted by Crippen LogP contribution is 2.23. The Hall–Kier alpha value is -0.380. The summed E-state index contributed by atoms with van der Waals surface area (Å²) < 4.78 is 1.06. The molecule has 0 unspecified atom stereocenters. The van der Waals surface area contributed by atoms with Gasteiger partial charge in [0, 0.05) is 4.47 Å². The zero-order valence-electron chi connectivity index (χ0n) is 7.88. The summed E-state index contributed by atoms with van der Waals surface area (Å²) in [5.74, 6) is 5.56. The number of benzene rings is 1. The van der Waals surface area contributed by atoms with E-state index in [0.717, 1.165) is 10.0 Å². The fourth-order valence-electron chi connectivity index (χ4n) is 1.35. The van der Waals surface area contributed by atoms with E-state index in [1.165, 1.54) is 5.56 Å². The van der Waals surface area contributed by atoms with Crippen LogP contribution in [0.25, 0.3) is 0 Å². The molecular weight excluding hydrogens is 230 g/mol. The zero-order chi connectivity index (χ0) is 9.84. The predicted octanol–water partition coefficient (Wildman–Crippen LogP) is 2.96. The van der Waals surface area contributed by atoms with Crippen molar-refractivity contribution in [3.63, 3.8) is 0 Å². The van der Waals surface area contributed by atoms with Crippen LogP contribution in [0.2, 0.25) is 0 Å². The molecule has 0 bridgehead atoms. The summed E-state index contributed by atoms with van der Waals surface area (Å²) in [5.41, 5.74) is 2.43. The molecule has 0 aliphatic rings. The molecule has 3 heteroatoms. The van der Waals surface area contributed by atoms with Gasteiger partial charge < -0.3 is 0 Å². The first-order chi connectivity index (χ1) is 6.15. The van der Waals surface area contributed by atoms with Gasteiger partial charge >= 0.3 is 0 Å². The van der Waals surface area contributed by atoms with Gasteiger partial charge in [0.25, 0.3) is 0 Å². The quantitative estimate of drug-likeness (QED) is 0.829. The van der Waals surface area contributed by atoms with Crippen molar-refractivity contribution in [1.82, 2.24) is 0 Å². The molecule has 0 saturated heterocycles. The summed E-state index contributed by atoms with van der Waals surface area (Å²) >= 11 is 3.42. The van der Waals surface area contributed by atoms with Crippen LogP contribution in [0.3, 0.4) is 0 Å². The lowest BCUT2D eigenvalue weighted by Gasteiger charge is -2.11. The molecule has 0 radical (unpaired) electrons. The second kappa shape index (κ2) is 4.74. The van der Waals surface area contributed by atoms with E-state index < -0.39 is 0 Å². The molecule has 2 N–H and O–H groups in total. The lowest BCUT2D eigenvalue weighted by molar-refractivity contribution is 0.123. The van der Waals surface area contributed by atoms with E-state index in [4.69, 9.17) is 5.90 Å². The molecule has 0 saturated carbocycles. The number of hydrogen-bond acceptors (Lipinski definition) is 2. The first-order valence-corrected chi connectivity index (χ1v) is 5.04. The first kappa shape index (κ1) is 10.7. The highest BCUT2D eigenvalue weighted by Gasteiger charge is 2.06. The van der Waals surface area contributed by atoms with Gasteiger partial charge in [-0.2, -0.15) is 0 Å². The summed E-state index contributed by atoms with van der Waals surface area (Å²) in [5, 5.41) is 0. The molecule has 0 aliphatic heterocycles. The van der Waals surface area contributed by atoms with Crippen molar-refractivity contribution in [2.75, 3.05) is 0 Å². The Labute approximate surface area is 87.2 Å². The number of halogens is 1. The van der Waals surface area contributed by atoms with Gasteiger partial charge in [-0.15, -0.1) is 0 Å². The minimum Gasteiger partial charge on any atom is -0.300 e. The highest BCUT2D eigenvalue weighted by molar-refractivity contribution is 9.10. The van der Waals surface area contributed by atoms with E-state index in [1.807, 2.05) is 12.1 Å². The van der Waals surface area contributed by atoms with Crippen molar-refractivity contribution in [2.45, 2.75) is 26.4 Å². The van der Waals surface area contributed by atoms with Gasteiger partial charge in [0.1, 0.15) is 0 Å². The fraction of sp³-hybridized carbons (Fsp3) is 0.400. The van der Waals surface area contributed by atoms with E-state index in [0.29, 0.717) is 12.5 Å². The third kappa shape index (κ3) is 2.79. The summed E-state index contributed by atoms with van der Waals surface area (Å²) in [6.45, 7) is 4.78. The SMILES string of the molecule is CC(C)c1ccc(Br)cc1CON. The number of nitrogens with two attached hydrogens (primary N) is 1. The minimum atomic E-state index is 0.465. The standard InChI is InChI=1S/C10H14BrNO/c1-7(2)10-4-3-9(11)5-8(10)6-13-12/h3-5,7H,6,12H2,1-2H3. The van der Waals surface area contributed by atoms with Crippen LogP contribution in [-0.2, 0) is 11.4 Å². The van der Waals surface area contributed by atoms with Crippen LogP contribution in [0.15, 0.2) is 22.7 Å². The highest BCUT2D eigenvalue weighted by atomic mass is 79.9. The minimum absolute atomic E-state index is 0.465. The summed E-state index contributed by atoms with van der Waals surface area (Å²) in [6, 6.07) is 6.18. The molecule has 1 aromatic carbocycles. The maximum Gasteiger partial charge on any atom is 0.0933 e. The van der Waals surface area contributed by atoms with E-state index >= 15 is 0 Å². The Bertz CT molecular complexity index is 286. The molecule has 0 aliphatic carbocycles. The molecule has 72 valence electrons. The average Bonchev–Trinajstić information content (AvgIpc) is 2.04. The smallest absolute Gasteiger partial charge is 0.0933 e.